The Balaban J connectivity index is 2.88. The lowest BCUT2D eigenvalue weighted by Gasteiger charge is -2.35. The van der Waals surface area contributed by atoms with Crippen LogP contribution < -0.4 is 0 Å². The van der Waals surface area contributed by atoms with Gasteiger partial charge >= 0.3 is 0 Å². The summed E-state index contributed by atoms with van der Waals surface area (Å²) in [7, 11) is 0. The quantitative estimate of drug-likeness (QED) is 0.823. The maximum absolute atomic E-state index is 15.4. The number of rotatable bonds is 2. The van der Waals surface area contributed by atoms with Crippen molar-refractivity contribution in [3.05, 3.63) is 35.1 Å². The predicted octanol–water partition coefficient (Wildman–Crippen LogP) is 3.73. The topological polar surface area (TPSA) is 12.5 Å². The van der Waals surface area contributed by atoms with Gasteiger partial charge in [-0.25, -0.2) is 4.39 Å². The minimum absolute atomic E-state index is 0.0739. The first-order valence-corrected chi connectivity index (χ1v) is 6.26. The Hall–Kier alpha value is -0.930. The van der Waals surface area contributed by atoms with Crippen LogP contribution in [0.1, 0.15) is 60.8 Å². The van der Waals surface area contributed by atoms with Gasteiger partial charge in [0.1, 0.15) is 5.82 Å². The van der Waals surface area contributed by atoms with Gasteiger partial charge in [-0.05, 0) is 24.8 Å². The molecule has 0 N–H and O–H groups in total. The zero-order valence-electron chi connectivity index (χ0n) is 23.0. The summed E-state index contributed by atoms with van der Waals surface area (Å²) in [6.45, 7) is -8.01. The van der Waals surface area contributed by atoms with E-state index in [1.54, 1.807) is 20.8 Å². The van der Waals surface area contributed by atoms with E-state index in [1.165, 1.54) is 12.1 Å². The van der Waals surface area contributed by atoms with Crippen LogP contribution in [0.5, 0.6) is 0 Å². The normalized spacial score (nSPS) is 46.8. The third-order valence-corrected chi connectivity index (χ3v) is 2.78. The van der Waals surface area contributed by atoms with Gasteiger partial charge in [0.25, 0.3) is 0 Å². The molecule has 0 saturated carbocycles. The van der Waals surface area contributed by atoms with Gasteiger partial charge in [-0.1, -0.05) is 39.0 Å². The molecule has 1 aromatic rings. The van der Waals surface area contributed by atoms with Crippen molar-refractivity contribution in [2.24, 2.45) is 0 Å². The molecule has 0 bridgehead atoms. The average molecular weight is 290 g/mol. The SMILES string of the molecule is [2H]C([2H])(c1cccc(C(C)(C)C)c1F)N1C([2H])([2H])C([2H])(C)OC([2H])(C([2H])([2H])[2H])C1([2H])[2H]. The molecule has 0 aromatic heterocycles. The molecule has 0 amide bonds. The van der Waals surface area contributed by atoms with Gasteiger partial charge < -0.3 is 4.74 Å². The number of hydrogen-bond acceptors (Lipinski definition) is 2. The highest BCUT2D eigenvalue weighted by Gasteiger charge is 2.25. The number of halogens is 1. The van der Waals surface area contributed by atoms with E-state index >= 15 is 4.39 Å². The maximum atomic E-state index is 15.4. The van der Waals surface area contributed by atoms with Gasteiger partial charge in [0.15, 0.2) is 0 Å². The van der Waals surface area contributed by atoms with Crippen molar-refractivity contribution < 1.29 is 24.2 Å². The zero-order valence-corrected chi connectivity index (χ0v) is 12.0. The van der Waals surface area contributed by atoms with Gasteiger partial charge in [-0.3, -0.25) is 4.90 Å². The van der Waals surface area contributed by atoms with Crippen LogP contribution in [-0.2, 0) is 16.6 Å². The van der Waals surface area contributed by atoms with Crippen LogP contribution in [0.25, 0.3) is 0 Å². The summed E-state index contributed by atoms with van der Waals surface area (Å²) in [4.78, 5) is -0.201. The third-order valence-electron chi connectivity index (χ3n) is 2.78. The molecule has 0 aliphatic carbocycles. The molecule has 1 fully saturated rings. The lowest BCUT2D eigenvalue weighted by atomic mass is 9.85. The molecule has 1 aliphatic heterocycles. The number of hydrogen-bond donors (Lipinski definition) is 0. The van der Waals surface area contributed by atoms with E-state index in [9.17, 15) is 0 Å². The first kappa shape index (κ1) is 6.45. The molecule has 2 rings (SSSR count). The van der Waals surface area contributed by atoms with Gasteiger partial charge in [0, 0.05) is 37.4 Å². The summed E-state index contributed by atoms with van der Waals surface area (Å²) in [5.74, 6) is -1.06. The third kappa shape index (κ3) is 3.58. The summed E-state index contributed by atoms with van der Waals surface area (Å²) in [6, 6.07) is 3.72. The fraction of sp³-hybridized carbons (Fsp3) is 0.647. The zero-order chi connectivity index (χ0) is 24.6. The standard InChI is InChI=1S/C17H26FNO/c1-12-9-19(10-13(2)20-12)11-14-7-6-8-15(16(14)18)17(3,4)5/h6-8,12-13H,9-11H2,1-5H3/i1D3,9D2,10D2,11D2,12D,13D. The van der Waals surface area contributed by atoms with Crippen LogP contribution in [0.4, 0.5) is 4.39 Å². The summed E-state index contributed by atoms with van der Waals surface area (Å²) in [6.07, 6.45) is -6.44. The van der Waals surface area contributed by atoms with E-state index in [0.717, 1.165) is 13.0 Å². The molecule has 1 aliphatic rings. The Morgan fingerprint density at radius 1 is 1.50 bits per heavy atom. The Bertz CT molecular complexity index is 863. The fourth-order valence-electron chi connectivity index (χ4n) is 1.86. The van der Waals surface area contributed by atoms with Crippen LogP contribution in [0.2, 0.25) is 0 Å². The van der Waals surface area contributed by atoms with Gasteiger partial charge in [-0.15, -0.1) is 0 Å². The molecule has 2 unspecified atom stereocenters. The molecule has 2 nitrogen and oxygen atoms in total. The number of ether oxygens (including phenoxy) is 1. The Labute approximate surface area is 137 Å². The molecule has 1 saturated heterocycles. The van der Waals surface area contributed by atoms with E-state index in [2.05, 4.69) is 0 Å². The van der Waals surface area contributed by atoms with Crippen molar-refractivity contribution in [2.45, 2.75) is 58.6 Å². The highest BCUT2D eigenvalue weighted by molar-refractivity contribution is 5.31. The Morgan fingerprint density at radius 2 is 2.20 bits per heavy atom. The molecule has 1 aromatic carbocycles. The molecule has 0 radical (unpaired) electrons. The second-order valence-corrected chi connectivity index (χ2v) is 5.58. The van der Waals surface area contributed by atoms with Crippen LogP contribution in [0, 0.1) is 5.82 Å². The first-order valence-electron chi connectivity index (χ1n) is 11.8. The molecule has 0 spiro atoms. The van der Waals surface area contributed by atoms with Crippen LogP contribution >= 0.6 is 0 Å². The van der Waals surface area contributed by atoms with E-state index in [-0.39, 0.29) is 10.5 Å². The highest BCUT2D eigenvalue weighted by Crippen LogP contribution is 2.27. The second-order valence-electron chi connectivity index (χ2n) is 5.58. The van der Waals surface area contributed by atoms with Crippen molar-refractivity contribution in [3.8, 4) is 0 Å². The fourth-order valence-corrected chi connectivity index (χ4v) is 1.86. The molecule has 20 heavy (non-hydrogen) atoms. The number of nitrogens with zero attached hydrogens (tertiary/aromatic N) is 1. The summed E-state index contributed by atoms with van der Waals surface area (Å²) < 4.78 is 110. The van der Waals surface area contributed by atoms with Crippen molar-refractivity contribution in [1.82, 2.24) is 4.90 Å². The lowest BCUT2D eigenvalue weighted by Crippen LogP contribution is -2.45. The molecule has 112 valence electrons. The van der Waals surface area contributed by atoms with Crippen molar-refractivity contribution >= 4 is 0 Å². The largest absolute Gasteiger partial charge is 0.373 e. The smallest absolute Gasteiger partial charge is 0.131 e. The monoisotopic (exact) mass is 290 g/mol. The maximum Gasteiger partial charge on any atom is 0.131 e. The highest BCUT2D eigenvalue weighted by atomic mass is 19.1. The molecule has 2 atom stereocenters. The molecular formula is C17H26FNO. The van der Waals surface area contributed by atoms with Gasteiger partial charge in [0.05, 0.1) is 14.9 Å². The minimum Gasteiger partial charge on any atom is -0.373 e. The lowest BCUT2D eigenvalue weighted by molar-refractivity contribution is -0.0707. The van der Waals surface area contributed by atoms with Crippen molar-refractivity contribution in [3.63, 3.8) is 0 Å². The Morgan fingerprint density at radius 3 is 2.85 bits per heavy atom. The first-order chi connectivity index (χ1) is 13.5. The Kier molecular flexibility index (Phi) is 1.88. The van der Waals surface area contributed by atoms with E-state index in [1.807, 2.05) is 0 Å². The summed E-state index contributed by atoms with van der Waals surface area (Å²) in [5, 5.41) is 0. The summed E-state index contributed by atoms with van der Waals surface area (Å²) in [5.41, 5.74) is -1.45. The van der Waals surface area contributed by atoms with E-state index in [4.69, 9.17) is 19.8 Å². The molecule has 3 heteroatoms. The summed E-state index contributed by atoms with van der Waals surface area (Å²) >= 11 is 0. The van der Waals surface area contributed by atoms with E-state index < -0.39 is 55.3 Å². The molecule has 1 heterocycles. The number of benzene rings is 1. The van der Waals surface area contributed by atoms with Crippen LogP contribution in [0.3, 0.4) is 0 Å². The minimum atomic E-state index is -3.64. The van der Waals surface area contributed by atoms with Crippen molar-refractivity contribution in [1.29, 1.82) is 0 Å². The van der Waals surface area contributed by atoms with Crippen molar-refractivity contribution in [2.75, 3.05) is 13.0 Å². The average Bonchev–Trinajstić information content (AvgIpc) is 2.49. The molecular weight excluding hydrogens is 253 g/mol. The van der Waals surface area contributed by atoms with E-state index in [0.29, 0.717) is 0 Å². The van der Waals surface area contributed by atoms with Gasteiger partial charge in [-0.2, -0.15) is 0 Å². The van der Waals surface area contributed by atoms with Crippen LogP contribution in [0.15, 0.2) is 18.2 Å². The second kappa shape index (κ2) is 5.82. The van der Waals surface area contributed by atoms with Gasteiger partial charge in [0.2, 0.25) is 0 Å². The number of morpholine rings is 1. The predicted molar refractivity (Wildman–Crippen MR) is 80.4 cm³/mol. The van der Waals surface area contributed by atoms with Crippen LogP contribution in [-0.4, -0.2) is 30.1 Å².